The van der Waals surface area contributed by atoms with Crippen LogP contribution in [0, 0.1) is 0 Å². The van der Waals surface area contributed by atoms with E-state index < -0.39 is 0 Å². The summed E-state index contributed by atoms with van der Waals surface area (Å²) < 4.78 is 5.45. The highest BCUT2D eigenvalue weighted by molar-refractivity contribution is 6.31. The number of rotatable bonds is 3. The Hall–Kier alpha value is -0.730. The van der Waals surface area contributed by atoms with E-state index in [1.165, 1.54) is 18.4 Å². The van der Waals surface area contributed by atoms with Gasteiger partial charge in [-0.25, -0.2) is 0 Å². The Morgan fingerprint density at radius 3 is 2.56 bits per heavy atom. The fourth-order valence-electron chi connectivity index (χ4n) is 2.24. The lowest BCUT2D eigenvalue weighted by molar-refractivity contribution is 0.408. The molecule has 0 atom stereocenters. The van der Waals surface area contributed by atoms with E-state index in [1.807, 2.05) is 6.07 Å². The minimum absolute atomic E-state index is 0.140. The van der Waals surface area contributed by atoms with Crippen LogP contribution >= 0.6 is 11.6 Å². The standard InChI is InChI=1S/C13H16ClNO/c1-16-11-7-9(13(15)4-5-13)6-10(14)12(11)8-2-3-8/h6-8H,2-5,15H2,1H3. The minimum Gasteiger partial charge on any atom is -0.496 e. The topological polar surface area (TPSA) is 35.2 Å². The third kappa shape index (κ3) is 1.61. The minimum atomic E-state index is -0.140. The van der Waals surface area contributed by atoms with Gasteiger partial charge in [-0.2, -0.15) is 0 Å². The molecule has 0 aromatic heterocycles. The third-order valence-corrected chi connectivity index (χ3v) is 3.97. The summed E-state index contributed by atoms with van der Waals surface area (Å²) in [6, 6.07) is 4.11. The molecule has 2 aliphatic rings. The summed E-state index contributed by atoms with van der Waals surface area (Å²) in [4.78, 5) is 0. The summed E-state index contributed by atoms with van der Waals surface area (Å²) in [6.07, 6.45) is 4.55. The Kier molecular flexibility index (Phi) is 2.20. The number of benzene rings is 1. The lowest BCUT2D eigenvalue weighted by Crippen LogP contribution is -2.18. The molecule has 2 fully saturated rings. The molecular weight excluding hydrogens is 222 g/mol. The van der Waals surface area contributed by atoms with Gasteiger partial charge in [0.1, 0.15) is 5.75 Å². The molecule has 2 N–H and O–H groups in total. The average molecular weight is 238 g/mol. The summed E-state index contributed by atoms with van der Waals surface area (Å²) in [6.45, 7) is 0. The number of ether oxygens (including phenoxy) is 1. The van der Waals surface area contributed by atoms with E-state index in [0.717, 1.165) is 29.2 Å². The highest BCUT2D eigenvalue weighted by atomic mass is 35.5. The SMILES string of the molecule is COc1cc(C2(N)CC2)cc(Cl)c1C1CC1. The van der Waals surface area contributed by atoms with Crippen LogP contribution in [0.3, 0.4) is 0 Å². The molecule has 1 aromatic carbocycles. The second-order valence-corrected chi connectivity index (χ2v) is 5.41. The van der Waals surface area contributed by atoms with Gasteiger partial charge in [0, 0.05) is 16.1 Å². The van der Waals surface area contributed by atoms with Crippen molar-refractivity contribution in [1.82, 2.24) is 0 Å². The molecule has 2 nitrogen and oxygen atoms in total. The Labute approximate surface area is 101 Å². The van der Waals surface area contributed by atoms with Crippen LogP contribution in [0.1, 0.15) is 42.7 Å². The van der Waals surface area contributed by atoms with E-state index in [9.17, 15) is 0 Å². The van der Waals surface area contributed by atoms with Gasteiger partial charge in [0.25, 0.3) is 0 Å². The first kappa shape index (κ1) is 10.4. The fourth-order valence-corrected chi connectivity index (χ4v) is 2.61. The first-order valence-corrected chi connectivity index (χ1v) is 6.18. The normalized spacial score (nSPS) is 21.9. The number of methoxy groups -OCH3 is 1. The van der Waals surface area contributed by atoms with Gasteiger partial charge < -0.3 is 10.5 Å². The van der Waals surface area contributed by atoms with Crippen molar-refractivity contribution < 1.29 is 4.74 Å². The van der Waals surface area contributed by atoms with Gasteiger partial charge in [-0.15, -0.1) is 0 Å². The van der Waals surface area contributed by atoms with Crippen molar-refractivity contribution in [3.05, 3.63) is 28.3 Å². The first-order valence-electron chi connectivity index (χ1n) is 5.81. The van der Waals surface area contributed by atoms with Crippen LogP contribution in [-0.2, 0) is 5.54 Å². The zero-order chi connectivity index (χ0) is 11.3. The summed E-state index contributed by atoms with van der Waals surface area (Å²) in [5, 5.41) is 0.827. The number of halogens is 1. The van der Waals surface area contributed by atoms with Crippen molar-refractivity contribution >= 4 is 11.6 Å². The monoisotopic (exact) mass is 237 g/mol. The van der Waals surface area contributed by atoms with Crippen LogP contribution in [0.15, 0.2) is 12.1 Å². The zero-order valence-electron chi connectivity index (χ0n) is 9.42. The largest absolute Gasteiger partial charge is 0.496 e. The first-order chi connectivity index (χ1) is 7.64. The lowest BCUT2D eigenvalue weighted by Gasteiger charge is -2.15. The molecule has 0 bridgehead atoms. The predicted molar refractivity (Wildman–Crippen MR) is 65.1 cm³/mol. The van der Waals surface area contributed by atoms with Crippen molar-refractivity contribution in [1.29, 1.82) is 0 Å². The second kappa shape index (κ2) is 3.38. The van der Waals surface area contributed by atoms with E-state index in [4.69, 9.17) is 22.1 Å². The average Bonchev–Trinajstić information content (AvgIpc) is 3.13. The molecule has 3 heteroatoms. The highest BCUT2D eigenvalue weighted by Gasteiger charge is 2.41. The third-order valence-electron chi connectivity index (χ3n) is 3.66. The molecule has 2 aliphatic carbocycles. The Morgan fingerprint density at radius 1 is 1.38 bits per heavy atom. The second-order valence-electron chi connectivity index (χ2n) is 5.00. The molecule has 16 heavy (non-hydrogen) atoms. The van der Waals surface area contributed by atoms with Gasteiger partial charge in [-0.1, -0.05) is 11.6 Å². The van der Waals surface area contributed by atoms with E-state index in [0.29, 0.717) is 5.92 Å². The van der Waals surface area contributed by atoms with Crippen molar-refractivity contribution in [3.63, 3.8) is 0 Å². The maximum Gasteiger partial charge on any atom is 0.124 e. The Bertz CT molecular complexity index is 436. The fraction of sp³-hybridized carbons (Fsp3) is 0.538. The van der Waals surface area contributed by atoms with E-state index in [-0.39, 0.29) is 5.54 Å². The van der Waals surface area contributed by atoms with Crippen molar-refractivity contribution in [2.75, 3.05) is 7.11 Å². The van der Waals surface area contributed by atoms with Crippen molar-refractivity contribution in [2.45, 2.75) is 37.1 Å². The summed E-state index contributed by atoms with van der Waals surface area (Å²) in [5.74, 6) is 1.52. The van der Waals surface area contributed by atoms with E-state index in [1.54, 1.807) is 7.11 Å². The quantitative estimate of drug-likeness (QED) is 0.877. The molecule has 1 aromatic rings. The maximum atomic E-state index is 6.35. The Balaban J connectivity index is 2.07. The van der Waals surface area contributed by atoms with Gasteiger partial charge in [0.15, 0.2) is 0 Å². The smallest absolute Gasteiger partial charge is 0.124 e. The van der Waals surface area contributed by atoms with Crippen LogP contribution in [0.4, 0.5) is 0 Å². The molecule has 0 radical (unpaired) electrons. The van der Waals surface area contributed by atoms with E-state index >= 15 is 0 Å². The molecule has 0 saturated heterocycles. The van der Waals surface area contributed by atoms with Gasteiger partial charge >= 0.3 is 0 Å². The molecule has 86 valence electrons. The molecule has 0 unspecified atom stereocenters. The van der Waals surface area contributed by atoms with Crippen LogP contribution in [-0.4, -0.2) is 7.11 Å². The summed E-state index contributed by atoms with van der Waals surface area (Å²) in [5.41, 5.74) is 8.35. The van der Waals surface area contributed by atoms with Crippen LogP contribution in [0.2, 0.25) is 5.02 Å². The highest BCUT2D eigenvalue weighted by Crippen LogP contribution is 2.51. The number of nitrogens with two attached hydrogens (primary N) is 1. The molecule has 0 aliphatic heterocycles. The molecule has 0 heterocycles. The van der Waals surface area contributed by atoms with Gasteiger partial charge in [0.05, 0.1) is 7.11 Å². The van der Waals surface area contributed by atoms with Crippen LogP contribution < -0.4 is 10.5 Å². The molecule has 3 rings (SSSR count). The molecule has 0 amide bonds. The van der Waals surface area contributed by atoms with E-state index in [2.05, 4.69) is 6.07 Å². The lowest BCUT2D eigenvalue weighted by atomic mass is 10.0. The Morgan fingerprint density at radius 2 is 2.06 bits per heavy atom. The molecule has 0 spiro atoms. The van der Waals surface area contributed by atoms with Gasteiger partial charge in [-0.05, 0) is 49.3 Å². The molecular formula is C13H16ClNO. The maximum absolute atomic E-state index is 6.35. The van der Waals surface area contributed by atoms with Crippen LogP contribution in [0.5, 0.6) is 5.75 Å². The van der Waals surface area contributed by atoms with Crippen LogP contribution in [0.25, 0.3) is 0 Å². The van der Waals surface area contributed by atoms with Gasteiger partial charge in [-0.3, -0.25) is 0 Å². The molecule has 2 saturated carbocycles. The van der Waals surface area contributed by atoms with Crippen molar-refractivity contribution in [3.8, 4) is 5.75 Å². The van der Waals surface area contributed by atoms with Crippen molar-refractivity contribution in [2.24, 2.45) is 5.73 Å². The zero-order valence-corrected chi connectivity index (χ0v) is 10.2. The summed E-state index contributed by atoms with van der Waals surface area (Å²) in [7, 11) is 1.71. The number of hydrogen-bond acceptors (Lipinski definition) is 2. The van der Waals surface area contributed by atoms with Gasteiger partial charge in [0.2, 0.25) is 0 Å². The predicted octanol–water partition coefficient (Wildman–Crippen LogP) is 3.17. The summed E-state index contributed by atoms with van der Waals surface area (Å²) >= 11 is 6.35. The number of hydrogen-bond donors (Lipinski definition) is 1.